The molecule has 0 aromatic rings. The van der Waals surface area contributed by atoms with Crippen molar-refractivity contribution in [3.05, 3.63) is 0 Å². The van der Waals surface area contributed by atoms with Gasteiger partial charge in [0.1, 0.15) is 6.04 Å². The predicted octanol–water partition coefficient (Wildman–Crippen LogP) is 0.900. The fraction of sp³-hybridized carbons (Fsp3) is 0.833. The molecular weight excluding hydrogens is 236 g/mol. The van der Waals surface area contributed by atoms with Gasteiger partial charge in [0.2, 0.25) is 0 Å². The Morgan fingerprint density at radius 1 is 1.33 bits per heavy atom. The van der Waals surface area contributed by atoms with E-state index in [2.05, 4.69) is 5.32 Å². The van der Waals surface area contributed by atoms with Gasteiger partial charge in [-0.25, -0.2) is 9.59 Å². The molecule has 0 aliphatic rings. The third-order valence-electron chi connectivity index (χ3n) is 2.64. The van der Waals surface area contributed by atoms with Crippen molar-refractivity contribution < 1.29 is 19.8 Å². The van der Waals surface area contributed by atoms with Crippen LogP contribution in [0.5, 0.6) is 0 Å². The standard InChI is InChI=1S/C12H24N2O4/c1-5-14(7-6-8-15)11(18)13-9(10(16)17)12(2,3)4/h9,15H,5-8H2,1-4H3,(H,13,18)(H,16,17)/t9-/m1/s1. The number of hydrogen-bond acceptors (Lipinski definition) is 3. The van der Waals surface area contributed by atoms with Crippen molar-refractivity contribution >= 4 is 12.0 Å². The summed E-state index contributed by atoms with van der Waals surface area (Å²) in [6.07, 6.45) is 0.481. The quantitative estimate of drug-likeness (QED) is 0.662. The van der Waals surface area contributed by atoms with Crippen LogP contribution in [0, 0.1) is 5.41 Å². The molecule has 3 N–H and O–H groups in total. The number of hydrogen-bond donors (Lipinski definition) is 3. The van der Waals surface area contributed by atoms with E-state index in [0.29, 0.717) is 19.5 Å². The summed E-state index contributed by atoms with van der Waals surface area (Å²) < 4.78 is 0. The molecule has 0 spiro atoms. The smallest absolute Gasteiger partial charge is 0.326 e. The van der Waals surface area contributed by atoms with Crippen LogP contribution in [0.1, 0.15) is 34.1 Å². The van der Waals surface area contributed by atoms with E-state index in [1.54, 1.807) is 20.8 Å². The van der Waals surface area contributed by atoms with Crippen molar-refractivity contribution in [1.82, 2.24) is 10.2 Å². The number of carboxylic acids is 1. The molecule has 0 saturated carbocycles. The summed E-state index contributed by atoms with van der Waals surface area (Å²) in [6, 6.07) is -1.35. The van der Waals surface area contributed by atoms with Gasteiger partial charge in [0, 0.05) is 19.7 Å². The molecule has 0 aromatic heterocycles. The molecule has 6 nitrogen and oxygen atoms in total. The lowest BCUT2D eigenvalue weighted by Crippen LogP contribution is -2.53. The highest BCUT2D eigenvalue weighted by Gasteiger charge is 2.33. The third kappa shape index (κ3) is 5.35. The van der Waals surface area contributed by atoms with Crippen molar-refractivity contribution in [2.24, 2.45) is 5.41 Å². The zero-order valence-corrected chi connectivity index (χ0v) is 11.6. The highest BCUT2D eigenvalue weighted by molar-refractivity contribution is 5.83. The lowest BCUT2D eigenvalue weighted by Gasteiger charge is -2.30. The van der Waals surface area contributed by atoms with Crippen LogP contribution < -0.4 is 5.32 Å². The topological polar surface area (TPSA) is 89.9 Å². The van der Waals surface area contributed by atoms with Crippen LogP contribution in [0.3, 0.4) is 0 Å². The lowest BCUT2D eigenvalue weighted by atomic mass is 9.87. The number of aliphatic hydroxyl groups excluding tert-OH is 1. The molecule has 18 heavy (non-hydrogen) atoms. The molecule has 0 fully saturated rings. The zero-order chi connectivity index (χ0) is 14.3. The van der Waals surface area contributed by atoms with E-state index < -0.39 is 23.5 Å². The van der Waals surface area contributed by atoms with Crippen LogP contribution in [0.4, 0.5) is 4.79 Å². The van der Waals surface area contributed by atoms with Gasteiger partial charge in [0.15, 0.2) is 0 Å². The summed E-state index contributed by atoms with van der Waals surface area (Å²) in [5.74, 6) is -1.05. The molecule has 0 aliphatic carbocycles. The van der Waals surface area contributed by atoms with Crippen molar-refractivity contribution in [3.63, 3.8) is 0 Å². The van der Waals surface area contributed by atoms with E-state index in [1.807, 2.05) is 6.92 Å². The normalized spacial score (nSPS) is 12.9. The Morgan fingerprint density at radius 2 is 1.89 bits per heavy atom. The predicted molar refractivity (Wildman–Crippen MR) is 68.4 cm³/mol. The first-order chi connectivity index (χ1) is 8.23. The number of nitrogens with zero attached hydrogens (tertiary/aromatic N) is 1. The summed E-state index contributed by atoms with van der Waals surface area (Å²) >= 11 is 0. The van der Waals surface area contributed by atoms with Gasteiger partial charge >= 0.3 is 12.0 Å². The van der Waals surface area contributed by atoms with Crippen molar-refractivity contribution in [3.8, 4) is 0 Å². The highest BCUT2D eigenvalue weighted by Crippen LogP contribution is 2.19. The summed E-state index contributed by atoms with van der Waals surface area (Å²) in [6.45, 7) is 7.98. The van der Waals surface area contributed by atoms with E-state index in [0.717, 1.165) is 0 Å². The van der Waals surface area contributed by atoms with E-state index in [4.69, 9.17) is 10.2 Å². The van der Waals surface area contributed by atoms with Crippen molar-refractivity contribution in [2.45, 2.75) is 40.2 Å². The maximum atomic E-state index is 11.9. The van der Waals surface area contributed by atoms with Crippen molar-refractivity contribution in [2.75, 3.05) is 19.7 Å². The van der Waals surface area contributed by atoms with Gasteiger partial charge in [-0.1, -0.05) is 20.8 Å². The molecule has 1 atom stereocenters. The molecule has 0 saturated heterocycles. The first-order valence-electron chi connectivity index (χ1n) is 6.13. The minimum atomic E-state index is -1.05. The lowest BCUT2D eigenvalue weighted by molar-refractivity contribution is -0.142. The molecule has 0 heterocycles. The first kappa shape index (κ1) is 16.7. The number of nitrogens with one attached hydrogen (secondary N) is 1. The minimum Gasteiger partial charge on any atom is -0.480 e. The molecule has 0 radical (unpaired) electrons. The van der Waals surface area contributed by atoms with Gasteiger partial charge in [-0.2, -0.15) is 0 Å². The van der Waals surface area contributed by atoms with Gasteiger partial charge in [-0.05, 0) is 18.8 Å². The van der Waals surface area contributed by atoms with Gasteiger partial charge in [-0.3, -0.25) is 0 Å². The van der Waals surface area contributed by atoms with Crippen LogP contribution in [0.15, 0.2) is 0 Å². The maximum Gasteiger partial charge on any atom is 0.326 e. The Morgan fingerprint density at radius 3 is 2.22 bits per heavy atom. The number of carbonyl (C=O) groups is 2. The van der Waals surface area contributed by atoms with Gasteiger partial charge in [0.25, 0.3) is 0 Å². The van der Waals surface area contributed by atoms with Crippen molar-refractivity contribution in [1.29, 1.82) is 0 Å². The molecule has 0 rings (SSSR count). The second-order valence-corrected chi connectivity index (χ2v) is 5.24. The molecule has 0 aliphatic heterocycles. The number of carboxylic acid groups (broad SMARTS) is 1. The fourth-order valence-corrected chi connectivity index (χ4v) is 1.53. The van der Waals surface area contributed by atoms with Gasteiger partial charge in [-0.15, -0.1) is 0 Å². The van der Waals surface area contributed by atoms with E-state index in [9.17, 15) is 9.59 Å². The number of carbonyl (C=O) groups excluding carboxylic acids is 1. The van der Waals surface area contributed by atoms with Gasteiger partial charge in [0.05, 0.1) is 0 Å². The fourth-order valence-electron chi connectivity index (χ4n) is 1.53. The first-order valence-corrected chi connectivity index (χ1v) is 6.13. The molecule has 0 aromatic carbocycles. The van der Waals surface area contributed by atoms with Crippen LogP contribution in [-0.2, 0) is 4.79 Å². The SMILES string of the molecule is CCN(CCCO)C(=O)N[C@H](C(=O)O)C(C)(C)C. The molecular formula is C12H24N2O4. The third-order valence-corrected chi connectivity index (χ3v) is 2.64. The van der Waals surface area contributed by atoms with E-state index >= 15 is 0 Å². The molecule has 6 heteroatoms. The largest absolute Gasteiger partial charge is 0.480 e. The molecule has 0 bridgehead atoms. The number of amides is 2. The average Bonchev–Trinajstić information content (AvgIpc) is 2.24. The van der Waals surface area contributed by atoms with Gasteiger partial charge < -0.3 is 20.4 Å². The Hall–Kier alpha value is -1.30. The zero-order valence-electron chi connectivity index (χ0n) is 11.6. The van der Waals surface area contributed by atoms with E-state index in [1.165, 1.54) is 4.90 Å². The molecule has 106 valence electrons. The summed E-state index contributed by atoms with van der Waals surface area (Å²) in [5.41, 5.74) is -0.558. The Balaban J connectivity index is 4.62. The Labute approximate surface area is 108 Å². The second kappa shape index (κ2) is 7.20. The Kier molecular flexibility index (Phi) is 6.68. The average molecular weight is 260 g/mol. The summed E-state index contributed by atoms with van der Waals surface area (Å²) in [7, 11) is 0. The number of rotatable bonds is 6. The number of urea groups is 1. The van der Waals surface area contributed by atoms with Crippen LogP contribution in [0.25, 0.3) is 0 Å². The highest BCUT2D eigenvalue weighted by atomic mass is 16.4. The minimum absolute atomic E-state index is 0.00537. The molecule has 0 unspecified atom stereocenters. The van der Waals surface area contributed by atoms with Crippen LogP contribution in [0.2, 0.25) is 0 Å². The second-order valence-electron chi connectivity index (χ2n) is 5.24. The Bertz CT molecular complexity index is 286. The van der Waals surface area contributed by atoms with Crippen LogP contribution in [-0.4, -0.2) is 52.9 Å². The summed E-state index contributed by atoms with van der Waals surface area (Å²) in [4.78, 5) is 24.5. The number of aliphatic carboxylic acids is 1. The monoisotopic (exact) mass is 260 g/mol. The number of aliphatic hydroxyl groups is 1. The summed E-state index contributed by atoms with van der Waals surface area (Å²) in [5, 5.41) is 20.4. The van der Waals surface area contributed by atoms with Crippen LogP contribution >= 0.6 is 0 Å². The van der Waals surface area contributed by atoms with E-state index in [-0.39, 0.29) is 6.61 Å². The maximum absolute atomic E-state index is 11.9. The molecule has 2 amide bonds.